The fourth-order valence-corrected chi connectivity index (χ4v) is 4.42. The van der Waals surface area contributed by atoms with Gasteiger partial charge in [-0.2, -0.15) is 18.3 Å². The number of hydrogen-bond acceptors (Lipinski definition) is 5. The lowest BCUT2D eigenvalue weighted by Gasteiger charge is -2.26. The molecule has 1 aliphatic rings. The molecule has 0 radical (unpaired) electrons. The molecule has 3 rings (SSSR count). The average Bonchev–Trinajstić information content (AvgIpc) is 3.26. The maximum Gasteiger partial charge on any atom is 0.431 e. The third kappa shape index (κ3) is 7.35. The van der Waals surface area contributed by atoms with Crippen molar-refractivity contribution in [3.8, 4) is 0 Å². The number of carboxylic acids is 1. The summed E-state index contributed by atoms with van der Waals surface area (Å²) in [5, 5.41) is 23.6. The van der Waals surface area contributed by atoms with E-state index in [0.29, 0.717) is 23.4 Å². The number of aliphatic carboxylic acids is 1. The second kappa shape index (κ2) is 12.8. The van der Waals surface area contributed by atoms with Crippen molar-refractivity contribution in [3.05, 3.63) is 95.3 Å². The number of anilines is 1. The van der Waals surface area contributed by atoms with Crippen molar-refractivity contribution in [3.63, 3.8) is 0 Å². The van der Waals surface area contributed by atoms with Gasteiger partial charge >= 0.3 is 12.1 Å². The summed E-state index contributed by atoms with van der Waals surface area (Å²) in [7, 11) is 1.49. The molecule has 0 fully saturated rings. The summed E-state index contributed by atoms with van der Waals surface area (Å²) in [6, 6.07) is 11.3. The summed E-state index contributed by atoms with van der Waals surface area (Å²) in [6.45, 7) is 4.53. The van der Waals surface area contributed by atoms with Crippen LogP contribution in [0, 0.1) is 12.8 Å². The number of methoxy groups -OCH3 is 1. The number of allylic oxidation sites excluding steroid dienone is 4. The van der Waals surface area contributed by atoms with Gasteiger partial charge in [0, 0.05) is 0 Å². The van der Waals surface area contributed by atoms with Crippen molar-refractivity contribution < 1.29 is 37.3 Å². The van der Waals surface area contributed by atoms with E-state index in [0.717, 1.165) is 27.3 Å². The molecule has 2 aromatic carbocycles. The Kier molecular flexibility index (Phi) is 9.69. The number of nitrogens with zero attached hydrogens (tertiary/aromatic N) is 2. The highest BCUT2D eigenvalue weighted by Crippen LogP contribution is 2.36. The molecule has 0 saturated heterocycles. The van der Waals surface area contributed by atoms with Crippen LogP contribution in [0.15, 0.2) is 78.1 Å². The zero-order valence-electron chi connectivity index (χ0n) is 21.6. The van der Waals surface area contributed by atoms with Gasteiger partial charge in [-0.25, -0.2) is 4.39 Å². The lowest BCUT2D eigenvalue weighted by Crippen LogP contribution is -2.40. The normalized spacial score (nSPS) is 18.0. The molecule has 39 heavy (non-hydrogen) atoms. The highest BCUT2D eigenvalue weighted by atomic mass is 19.4. The topological polar surface area (TPSA) is 82.4 Å². The molecular formula is C29H30F4N2O4. The molecule has 0 amide bonds. The molecule has 2 unspecified atom stereocenters. The fraction of sp³-hybridized carbons (Fsp3) is 0.310. The Balaban J connectivity index is 1.80. The molecule has 2 aromatic rings. The molecule has 1 heterocycles. The van der Waals surface area contributed by atoms with Crippen molar-refractivity contribution in [2.45, 2.75) is 32.0 Å². The zero-order valence-corrected chi connectivity index (χ0v) is 21.6. The number of hydrogen-bond donors (Lipinski definition) is 2. The quantitative estimate of drug-likeness (QED) is 0.210. The van der Waals surface area contributed by atoms with E-state index in [2.05, 4.69) is 11.7 Å². The van der Waals surface area contributed by atoms with Crippen LogP contribution in [0.2, 0.25) is 0 Å². The number of halogens is 4. The fourth-order valence-electron chi connectivity index (χ4n) is 4.42. The highest BCUT2D eigenvalue weighted by molar-refractivity contribution is 5.96. The van der Waals surface area contributed by atoms with Gasteiger partial charge in [-0.1, -0.05) is 43.0 Å². The zero-order chi connectivity index (χ0) is 28.7. The van der Waals surface area contributed by atoms with Crippen LogP contribution in [-0.2, 0) is 16.0 Å². The number of benzene rings is 2. The molecule has 0 aliphatic carbocycles. The number of rotatable bonds is 11. The summed E-state index contributed by atoms with van der Waals surface area (Å²) >= 11 is 0. The Bertz CT molecular complexity index is 1280. The monoisotopic (exact) mass is 546 g/mol. The van der Waals surface area contributed by atoms with Gasteiger partial charge in [-0.3, -0.25) is 9.80 Å². The van der Waals surface area contributed by atoms with E-state index in [1.165, 1.54) is 19.3 Å². The van der Waals surface area contributed by atoms with Crippen molar-refractivity contribution in [2.24, 2.45) is 11.0 Å². The van der Waals surface area contributed by atoms with Crippen LogP contribution in [0.4, 0.5) is 23.2 Å². The number of alkyl halides is 4. The summed E-state index contributed by atoms with van der Waals surface area (Å²) < 4.78 is 58.1. The Morgan fingerprint density at radius 2 is 1.90 bits per heavy atom. The first-order chi connectivity index (χ1) is 18.5. The molecule has 0 spiro atoms. The lowest BCUT2D eigenvalue weighted by molar-refractivity contribution is -0.137. The van der Waals surface area contributed by atoms with Gasteiger partial charge in [-0.15, -0.1) is 0 Å². The molecule has 1 aliphatic heterocycles. The lowest BCUT2D eigenvalue weighted by atomic mass is 9.93. The molecule has 2 atom stereocenters. The van der Waals surface area contributed by atoms with Crippen LogP contribution >= 0.6 is 0 Å². The van der Waals surface area contributed by atoms with Gasteiger partial charge in [-0.05, 0) is 65.5 Å². The van der Waals surface area contributed by atoms with Crippen molar-refractivity contribution in [2.75, 3.05) is 25.4 Å². The third-order valence-electron chi connectivity index (χ3n) is 6.45. The van der Waals surface area contributed by atoms with Crippen LogP contribution in [0.1, 0.15) is 28.7 Å². The smallest absolute Gasteiger partial charge is 0.431 e. The van der Waals surface area contributed by atoms with Crippen molar-refractivity contribution in [1.82, 2.24) is 0 Å². The maximum atomic E-state index is 13.5. The molecule has 0 saturated carbocycles. The molecule has 208 valence electrons. The van der Waals surface area contributed by atoms with Crippen LogP contribution in [0.5, 0.6) is 0 Å². The predicted molar refractivity (Wildman–Crippen MR) is 142 cm³/mol. The van der Waals surface area contributed by atoms with Crippen LogP contribution in [0.3, 0.4) is 0 Å². The number of aryl methyl sites for hydroxylation is 1. The molecule has 0 aromatic heterocycles. The Morgan fingerprint density at radius 1 is 1.21 bits per heavy atom. The van der Waals surface area contributed by atoms with E-state index in [4.69, 9.17) is 4.74 Å². The van der Waals surface area contributed by atoms with Gasteiger partial charge in [0.05, 0.1) is 37.8 Å². The highest BCUT2D eigenvalue weighted by Gasteiger charge is 2.50. The van der Waals surface area contributed by atoms with E-state index in [1.807, 2.05) is 25.1 Å². The van der Waals surface area contributed by atoms with Gasteiger partial charge in [0.1, 0.15) is 18.1 Å². The first-order valence-electron chi connectivity index (χ1n) is 12.1. The van der Waals surface area contributed by atoms with E-state index in [9.17, 15) is 32.6 Å². The standard InChI is InChI=1S/C29H30F4N2O4/c1-18-13-21(19(2)14-24(39-3)5-4-12-30)8-9-22(18)15-20-6-10-23(11-7-20)35-26(16-27(37)38)25(17-36)28(34-35)29(31,32)33/h4-11,13-14,25-26,36H,2,12,15-17H2,1,3H3,(H,37,38)/b5-4-,24-14+. The summed E-state index contributed by atoms with van der Waals surface area (Å²) in [6.07, 6.45) is -0.276. The summed E-state index contributed by atoms with van der Waals surface area (Å²) in [5.41, 5.74) is 3.57. The van der Waals surface area contributed by atoms with Crippen molar-refractivity contribution in [1.29, 1.82) is 0 Å². The van der Waals surface area contributed by atoms with Crippen LogP contribution in [0.25, 0.3) is 5.57 Å². The summed E-state index contributed by atoms with van der Waals surface area (Å²) in [5.74, 6) is -2.28. The number of aliphatic hydroxyl groups excluding tert-OH is 1. The van der Waals surface area contributed by atoms with Gasteiger partial charge < -0.3 is 14.9 Å². The maximum absolute atomic E-state index is 13.5. The minimum absolute atomic E-state index is 0.300. The molecule has 6 nitrogen and oxygen atoms in total. The second-order valence-corrected chi connectivity index (χ2v) is 9.10. The SMILES string of the molecule is C=C(/C=C(\C=C/CF)OC)c1ccc(Cc2ccc(N3N=C(C(F)(F)F)C(CO)C3CC(=O)O)cc2)c(C)c1. The number of hydrazone groups is 1. The first-order valence-corrected chi connectivity index (χ1v) is 12.1. The summed E-state index contributed by atoms with van der Waals surface area (Å²) in [4.78, 5) is 11.3. The van der Waals surface area contributed by atoms with Gasteiger partial charge in [0.15, 0.2) is 0 Å². The Morgan fingerprint density at radius 3 is 2.44 bits per heavy atom. The molecule has 0 bridgehead atoms. The number of ether oxygens (including phenoxy) is 1. The van der Waals surface area contributed by atoms with Gasteiger partial charge in [0.2, 0.25) is 0 Å². The van der Waals surface area contributed by atoms with E-state index < -0.39 is 49.5 Å². The Hall–Kier alpha value is -3.92. The number of carbonyl (C=O) groups is 1. The van der Waals surface area contributed by atoms with Gasteiger partial charge in [0.25, 0.3) is 0 Å². The number of carboxylic acid groups (broad SMARTS) is 1. The van der Waals surface area contributed by atoms with E-state index in [1.54, 1.807) is 30.3 Å². The van der Waals surface area contributed by atoms with Crippen LogP contribution < -0.4 is 5.01 Å². The Labute approximate surface area is 224 Å². The van der Waals surface area contributed by atoms with E-state index in [-0.39, 0.29) is 0 Å². The largest absolute Gasteiger partial charge is 0.497 e. The minimum Gasteiger partial charge on any atom is -0.497 e. The third-order valence-corrected chi connectivity index (χ3v) is 6.45. The molecule has 10 heteroatoms. The van der Waals surface area contributed by atoms with Crippen molar-refractivity contribution >= 4 is 22.9 Å². The molecule has 2 N–H and O–H groups in total. The predicted octanol–water partition coefficient (Wildman–Crippen LogP) is 5.85. The van der Waals surface area contributed by atoms with Crippen LogP contribution in [-0.4, -0.2) is 54.5 Å². The van der Waals surface area contributed by atoms with E-state index >= 15 is 0 Å². The minimum atomic E-state index is -4.79. The second-order valence-electron chi connectivity index (χ2n) is 9.10. The molecular weight excluding hydrogens is 516 g/mol. The number of aliphatic hydroxyl groups is 1. The first kappa shape index (κ1) is 29.6. The average molecular weight is 547 g/mol.